The Morgan fingerprint density at radius 1 is 1.05 bits per heavy atom. The van der Waals surface area contributed by atoms with E-state index in [2.05, 4.69) is 20.9 Å². The summed E-state index contributed by atoms with van der Waals surface area (Å²) in [4.78, 5) is 26.5. The van der Waals surface area contributed by atoms with Gasteiger partial charge in [0.15, 0.2) is 11.6 Å². The van der Waals surface area contributed by atoms with E-state index in [1.54, 1.807) is 24.3 Å². The Balaban J connectivity index is 2.19. The molecular weight excluding hydrogens is 358 g/mol. The Morgan fingerprint density at radius 2 is 1.73 bits per heavy atom. The zero-order valence-corrected chi connectivity index (χ0v) is 12.7. The number of fused-ring (bicyclic) bond motifs is 1. The lowest BCUT2D eigenvalue weighted by atomic mass is 10.2. The SMILES string of the molecule is O=c1[nH]c2c(F)c(F)ccc2c(=O)n1Cc1ccc(Br)cc1. The third-order valence-corrected chi connectivity index (χ3v) is 3.83. The van der Waals surface area contributed by atoms with E-state index >= 15 is 0 Å². The van der Waals surface area contributed by atoms with Crippen LogP contribution < -0.4 is 11.2 Å². The Kier molecular flexibility index (Phi) is 3.66. The second-order valence-corrected chi connectivity index (χ2v) is 5.65. The molecule has 1 aromatic heterocycles. The number of hydrogen-bond donors (Lipinski definition) is 1. The van der Waals surface area contributed by atoms with Gasteiger partial charge in [0.05, 0.1) is 17.4 Å². The summed E-state index contributed by atoms with van der Waals surface area (Å²) >= 11 is 3.29. The van der Waals surface area contributed by atoms with Crippen molar-refractivity contribution in [3.8, 4) is 0 Å². The molecule has 0 aliphatic heterocycles. The maximum absolute atomic E-state index is 13.7. The second-order valence-electron chi connectivity index (χ2n) is 4.73. The van der Waals surface area contributed by atoms with Crippen LogP contribution in [-0.4, -0.2) is 9.55 Å². The first-order valence-electron chi connectivity index (χ1n) is 6.32. The number of aromatic amines is 1. The van der Waals surface area contributed by atoms with E-state index in [-0.39, 0.29) is 11.9 Å². The molecule has 0 aliphatic carbocycles. The molecule has 1 N–H and O–H groups in total. The summed E-state index contributed by atoms with van der Waals surface area (Å²) in [5, 5.41) is -0.0735. The molecular formula is C15H9BrF2N2O2. The van der Waals surface area contributed by atoms with Gasteiger partial charge in [-0.3, -0.25) is 9.36 Å². The van der Waals surface area contributed by atoms with Crippen molar-refractivity contribution in [2.75, 3.05) is 0 Å². The largest absolute Gasteiger partial charge is 0.329 e. The van der Waals surface area contributed by atoms with Gasteiger partial charge in [-0.2, -0.15) is 0 Å². The molecule has 0 spiro atoms. The predicted molar refractivity (Wildman–Crippen MR) is 82.0 cm³/mol. The number of H-pyrrole nitrogens is 1. The number of rotatable bonds is 2. The van der Waals surface area contributed by atoms with Crippen LogP contribution in [0.5, 0.6) is 0 Å². The molecule has 4 nitrogen and oxygen atoms in total. The van der Waals surface area contributed by atoms with Gasteiger partial charge in [-0.15, -0.1) is 0 Å². The minimum Gasteiger partial charge on any atom is -0.304 e. The number of nitrogens with one attached hydrogen (secondary N) is 1. The van der Waals surface area contributed by atoms with Crippen molar-refractivity contribution in [1.29, 1.82) is 0 Å². The van der Waals surface area contributed by atoms with Gasteiger partial charge in [0, 0.05) is 4.47 Å². The number of nitrogens with zero attached hydrogens (tertiary/aromatic N) is 1. The van der Waals surface area contributed by atoms with Crippen LogP contribution in [0.3, 0.4) is 0 Å². The zero-order chi connectivity index (χ0) is 15.9. The molecule has 3 aromatic rings. The van der Waals surface area contributed by atoms with E-state index < -0.39 is 28.4 Å². The minimum atomic E-state index is -1.23. The molecule has 112 valence electrons. The first kappa shape index (κ1) is 14.6. The summed E-state index contributed by atoms with van der Waals surface area (Å²) < 4.78 is 28.7. The van der Waals surface area contributed by atoms with E-state index in [9.17, 15) is 18.4 Å². The van der Waals surface area contributed by atoms with Crippen molar-refractivity contribution in [3.63, 3.8) is 0 Å². The quantitative estimate of drug-likeness (QED) is 0.758. The molecule has 1 heterocycles. The summed E-state index contributed by atoms with van der Waals surface area (Å²) in [5.41, 5.74) is -1.13. The Hall–Kier alpha value is -2.28. The maximum Gasteiger partial charge on any atom is 0.329 e. The summed E-state index contributed by atoms with van der Waals surface area (Å²) in [6.45, 7) is 0.0381. The van der Waals surface area contributed by atoms with Gasteiger partial charge in [-0.1, -0.05) is 28.1 Å². The standard InChI is InChI=1S/C15H9BrF2N2O2/c16-9-3-1-8(2-4-9)7-20-14(21)10-5-6-11(17)12(18)13(10)19-15(20)22/h1-6H,7H2,(H,19,22). The van der Waals surface area contributed by atoms with E-state index in [0.717, 1.165) is 26.7 Å². The average molecular weight is 367 g/mol. The molecule has 0 fully saturated rings. The zero-order valence-electron chi connectivity index (χ0n) is 11.1. The molecule has 0 saturated carbocycles. The third kappa shape index (κ3) is 2.48. The van der Waals surface area contributed by atoms with Crippen LogP contribution in [0.25, 0.3) is 10.9 Å². The minimum absolute atomic E-state index is 0.0381. The average Bonchev–Trinajstić information content (AvgIpc) is 2.50. The van der Waals surface area contributed by atoms with Crippen molar-refractivity contribution < 1.29 is 8.78 Å². The topological polar surface area (TPSA) is 54.9 Å². The van der Waals surface area contributed by atoms with Crippen molar-refractivity contribution in [1.82, 2.24) is 9.55 Å². The Bertz CT molecular complexity index is 978. The fourth-order valence-corrected chi connectivity index (χ4v) is 2.44. The van der Waals surface area contributed by atoms with Crippen molar-refractivity contribution >= 4 is 26.8 Å². The van der Waals surface area contributed by atoms with Crippen molar-refractivity contribution in [2.24, 2.45) is 0 Å². The van der Waals surface area contributed by atoms with Gasteiger partial charge < -0.3 is 4.98 Å². The molecule has 0 unspecified atom stereocenters. The third-order valence-electron chi connectivity index (χ3n) is 3.30. The van der Waals surface area contributed by atoms with Crippen molar-refractivity contribution in [2.45, 2.75) is 6.54 Å². The molecule has 0 bridgehead atoms. The summed E-state index contributed by atoms with van der Waals surface area (Å²) in [6.07, 6.45) is 0. The number of aromatic nitrogens is 2. The van der Waals surface area contributed by atoms with Gasteiger partial charge in [-0.05, 0) is 29.8 Å². The Morgan fingerprint density at radius 3 is 2.41 bits per heavy atom. The molecule has 3 rings (SSSR count). The van der Waals surface area contributed by atoms with Crippen LogP contribution in [-0.2, 0) is 6.54 Å². The lowest BCUT2D eigenvalue weighted by Gasteiger charge is -2.07. The normalized spacial score (nSPS) is 11.0. The number of hydrogen-bond acceptors (Lipinski definition) is 2. The summed E-state index contributed by atoms with van der Waals surface area (Å²) in [7, 11) is 0. The van der Waals surface area contributed by atoms with E-state index in [4.69, 9.17) is 0 Å². The molecule has 22 heavy (non-hydrogen) atoms. The highest BCUT2D eigenvalue weighted by molar-refractivity contribution is 9.10. The first-order chi connectivity index (χ1) is 10.5. The van der Waals surface area contributed by atoms with Crippen LogP contribution >= 0.6 is 15.9 Å². The number of halogens is 3. The van der Waals surface area contributed by atoms with E-state index in [1.165, 1.54) is 0 Å². The molecule has 0 radical (unpaired) electrons. The highest BCUT2D eigenvalue weighted by atomic mass is 79.9. The molecule has 2 aromatic carbocycles. The second kappa shape index (κ2) is 5.49. The van der Waals surface area contributed by atoms with Gasteiger partial charge in [-0.25, -0.2) is 13.6 Å². The number of benzene rings is 2. The van der Waals surface area contributed by atoms with Crippen LogP contribution in [0.4, 0.5) is 8.78 Å². The highest BCUT2D eigenvalue weighted by Gasteiger charge is 2.14. The highest BCUT2D eigenvalue weighted by Crippen LogP contribution is 2.14. The monoisotopic (exact) mass is 366 g/mol. The molecule has 0 atom stereocenters. The summed E-state index contributed by atoms with van der Waals surface area (Å²) in [5.74, 6) is -2.35. The molecule has 7 heteroatoms. The van der Waals surface area contributed by atoms with E-state index in [0.29, 0.717) is 0 Å². The smallest absolute Gasteiger partial charge is 0.304 e. The maximum atomic E-state index is 13.7. The van der Waals surface area contributed by atoms with Crippen molar-refractivity contribution in [3.05, 3.63) is 78.9 Å². The molecule has 0 amide bonds. The Labute approximate surface area is 131 Å². The van der Waals surface area contributed by atoms with Gasteiger partial charge in [0.1, 0.15) is 0 Å². The van der Waals surface area contributed by atoms with E-state index in [1.807, 2.05) is 0 Å². The van der Waals surface area contributed by atoms with Gasteiger partial charge in [0.25, 0.3) is 5.56 Å². The van der Waals surface area contributed by atoms with Crippen LogP contribution in [0.15, 0.2) is 50.5 Å². The summed E-state index contributed by atoms with van der Waals surface area (Å²) in [6, 6.07) is 9.09. The van der Waals surface area contributed by atoms with Crippen LogP contribution in [0.1, 0.15) is 5.56 Å². The fraction of sp³-hybridized carbons (Fsp3) is 0.0667. The fourth-order valence-electron chi connectivity index (χ4n) is 2.18. The predicted octanol–water partition coefficient (Wildman–Crippen LogP) is 2.78. The van der Waals surface area contributed by atoms with Gasteiger partial charge >= 0.3 is 5.69 Å². The van der Waals surface area contributed by atoms with Crippen LogP contribution in [0.2, 0.25) is 0 Å². The van der Waals surface area contributed by atoms with Gasteiger partial charge in [0.2, 0.25) is 0 Å². The lowest BCUT2D eigenvalue weighted by molar-refractivity contribution is 0.514. The first-order valence-corrected chi connectivity index (χ1v) is 7.12. The van der Waals surface area contributed by atoms with Crippen LogP contribution in [0, 0.1) is 11.6 Å². The lowest BCUT2D eigenvalue weighted by Crippen LogP contribution is -2.35. The molecule has 0 aliphatic rings. The molecule has 0 saturated heterocycles.